The second-order valence-electron chi connectivity index (χ2n) is 9.87. The third-order valence-corrected chi connectivity index (χ3v) is 8.30. The van der Waals surface area contributed by atoms with Crippen molar-refractivity contribution >= 4 is 49.4 Å². The zero-order chi connectivity index (χ0) is 30.6. The van der Waals surface area contributed by atoms with E-state index in [2.05, 4.69) is 20.3 Å². The largest absolute Gasteiger partial charge is 0.455 e. The molecule has 0 radical (unpaired) electrons. The van der Waals surface area contributed by atoms with Crippen LogP contribution in [-0.4, -0.2) is 49.6 Å². The number of nitrogens with zero attached hydrogens (tertiary/aromatic N) is 3. The number of carbonyl (C=O) groups excluding carboxylic acids is 1. The molecule has 0 fully saturated rings. The fraction of sp³-hybridized carbons (Fsp3) is 0.100. The molecular weight excluding hydrogens is 578 g/mol. The Hall–Kier alpha value is -5.30. The summed E-state index contributed by atoms with van der Waals surface area (Å²) < 4.78 is 60.7. The van der Waals surface area contributed by atoms with Crippen molar-refractivity contribution in [1.29, 1.82) is 0 Å². The molecule has 4 N–H and O–H groups in total. The number of carbonyl (C=O) groups is 1. The van der Waals surface area contributed by atoms with Crippen molar-refractivity contribution in [1.82, 2.24) is 20.3 Å². The normalized spacial score (nSPS) is 11.7. The maximum absolute atomic E-state index is 14.4. The number of H-pyrrole nitrogens is 1. The van der Waals surface area contributed by atoms with Crippen molar-refractivity contribution in [2.75, 3.05) is 30.4 Å². The van der Waals surface area contributed by atoms with Gasteiger partial charge in [-0.2, -0.15) is 0 Å². The summed E-state index contributed by atoms with van der Waals surface area (Å²) in [7, 11) is -0.951. The Morgan fingerprint density at radius 2 is 1.72 bits per heavy atom. The molecular formula is C30H24F2N6O4S. The fourth-order valence-electron chi connectivity index (χ4n) is 4.93. The number of nitrogen functional groups attached to an aromatic ring is 1. The Labute approximate surface area is 244 Å². The maximum Gasteiger partial charge on any atom is 0.255 e. The molecule has 0 saturated carbocycles. The molecule has 0 saturated heterocycles. The summed E-state index contributed by atoms with van der Waals surface area (Å²) in [5.74, 6) is -1.30. The Kier molecular flexibility index (Phi) is 6.61. The Morgan fingerprint density at radius 1 is 1.00 bits per heavy atom. The van der Waals surface area contributed by atoms with E-state index in [-0.39, 0.29) is 34.2 Å². The number of fused-ring (bicyclic) bond motifs is 2. The van der Waals surface area contributed by atoms with Crippen LogP contribution in [0.5, 0.6) is 0 Å². The predicted octanol–water partition coefficient (Wildman–Crippen LogP) is 5.32. The molecule has 13 heteroatoms. The summed E-state index contributed by atoms with van der Waals surface area (Å²) in [5.41, 5.74) is 8.99. The summed E-state index contributed by atoms with van der Waals surface area (Å²) in [6.45, 7) is 0. The van der Waals surface area contributed by atoms with Gasteiger partial charge in [-0.3, -0.25) is 9.10 Å². The molecule has 0 bridgehead atoms. The van der Waals surface area contributed by atoms with Crippen LogP contribution in [0, 0.1) is 11.6 Å². The van der Waals surface area contributed by atoms with Crippen LogP contribution in [0.1, 0.15) is 10.4 Å². The van der Waals surface area contributed by atoms with E-state index in [4.69, 9.17) is 10.2 Å². The predicted molar refractivity (Wildman–Crippen MR) is 161 cm³/mol. The van der Waals surface area contributed by atoms with Crippen LogP contribution in [0.4, 0.5) is 20.4 Å². The Bertz CT molecular complexity index is 2180. The first-order valence-corrected chi connectivity index (χ1v) is 14.7. The van der Waals surface area contributed by atoms with Gasteiger partial charge in [-0.25, -0.2) is 27.2 Å². The first-order valence-electron chi connectivity index (χ1n) is 12.9. The molecule has 1 amide bonds. The number of benzene rings is 3. The highest BCUT2D eigenvalue weighted by molar-refractivity contribution is 7.92. The van der Waals surface area contributed by atoms with Crippen LogP contribution >= 0.6 is 0 Å². The lowest BCUT2D eigenvalue weighted by molar-refractivity contribution is 0.0964. The topological polar surface area (TPSA) is 147 Å². The zero-order valence-corrected chi connectivity index (χ0v) is 23.9. The van der Waals surface area contributed by atoms with Gasteiger partial charge in [-0.05, 0) is 54.6 Å². The van der Waals surface area contributed by atoms with Crippen molar-refractivity contribution in [2.24, 2.45) is 0 Å². The van der Waals surface area contributed by atoms with Crippen molar-refractivity contribution in [3.63, 3.8) is 0 Å². The molecule has 6 rings (SSSR count). The van der Waals surface area contributed by atoms with Crippen LogP contribution in [0.15, 0.2) is 71.1 Å². The van der Waals surface area contributed by atoms with E-state index >= 15 is 0 Å². The molecule has 0 aliphatic rings. The summed E-state index contributed by atoms with van der Waals surface area (Å²) in [6, 6.07) is 16.3. The van der Waals surface area contributed by atoms with Gasteiger partial charge in [0.15, 0.2) is 0 Å². The Balaban J connectivity index is 1.63. The number of rotatable bonds is 6. The number of hydrogen-bond acceptors (Lipinski definition) is 7. The van der Waals surface area contributed by atoms with E-state index in [1.54, 1.807) is 30.3 Å². The zero-order valence-electron chi connectivity index (χ0n) is 23.1. The molecule has 218 valence electrons. The summed E-state index contributed by atoms with van der Waals surface area (Å²) in [5, 5.41) is 3.31. The molecule has 0 spiro atoms. The first kappa shape index (κ1) is 27.8. The smallest absolute Gasteiger partial charge is 0.255 e. The third kappa shape index (κ3) is 4.93. The molecule has 6 aromatic rings. The van der Waals surface area contributed by atoms with Crippen LogP contribution in [-0.2, 0) is 10.0 Å². The highest BCUT2D eigenvalue weighted by Gasteiger charge is 2.27. The van der Waals surface area contributed by atoms with Gasteiger partial charge in [-0.15, -0.1) is 0 Å². The number of furan rings is 1. The average Bonchev–Trinajstić information content (AvgIpc) is 3.58. The quantitative estimate of drug-likeness (QED) is 0.234. The molecule has 0 aliphatic heterocycles. The van der Waals surface area contributed by atoms with E-state index < -0.39 is 27.6 Å². The highest BCUT2D eigenvalue weighted by atomic mass is 32.2. The minimum absolute atomic E-state index is 0.120. The lowest BCUT2D eigenvalue weighted by atomic mass is 10.0. The molecule has 0 aliphatic carbocycles. The van der Waals surface area contributed by atoms with Gasteiger partial charge in [0.25, 0.3) is 5.91 Å². The van der Waals surface area contributed by atoms with Crippen molar-refractivity contribution in [3.8, 4) is 34.0 Å². The van der Waals surface area contributed by atoms with E-state index in [1.165, 1.54) is 50.5 Å². The minimum Gasteiger partial charge on any atom is -0.455 e. The highest BCUT2D eigenvalue weighted by Crippen LogP contribution is 2.41. The standard InChI is InChI=1S/C30H24F2N6O4S/c1-34-29(39)27-19-11-18(22-13-24(37-30(33)36-22)23-12-17-20(32)5-4-6-21(17)35-23)25(38(2)43(3,40)41)14-26(19)42-28(27)15-7-9-16(31)10-8-15/h4-14,35H,1-3H3,(H,34,39)(H2,33,36,37). The lowest BCUT2D eigenvalue weighted by Crippen LogP contribution is -2.25. The molecule has 10 nitrogen and oxygen atoms in total. The number of nitrogens with two attached hydrogens (primary N) is 1. The monoisotopic (exact) mass is 602 g/mol. The molecule has 0 atom stereocenters. The van der Waals surface area contributed by atoms with Crippen molar-refractivity contribution < 1.29 is 26.4 Å². The van der Waals surface area contributed by atoms with Gasteiger partial charge >= 0.3 is 0 Å². The number of aromatic amines is 1. The van der Waals surface area contributed by atoms with Crippen LogP contribution in [0.2, 0.25) is 0 Å². The van der Waals surface area contributed by atoms with E-state index in [1.807, 2.05) is 0 Å². The second-order valence-corrected chi connectivity index (χ2v) is 11.9. The molecule has 3 aromatic carbocycles. The number of halogens is 2. The first-order chi connectivity index (χ1) is 20.4. The molecule has 3 heterocycles. The van der Waals surface area contributed by atoms with E-state index in [0.717, 1.165) is 10.6 Å². The van der Waals surface area contributed by atoms with Gasteiger partial charge in [0.2, 0.25) is 16.0 Å². The Morgan fingerprint density at radius 3 is 2.40 bits per heavy atom. The minimum atomic E-state index is -3.78. The molecule has 3 aromatic heterocycles. The summed E-state index contributed by atoms with van der Waals surface area (Å²) in [6.07, 6.45) is 1.04. The van der Waals surface area contributed by atoms with Gasteiger partial charge in [0.1, 0.15) is 23.0 Å². The fourth-order valence-corrected chi connectivity index (χ4v) is 5.44. The number of hydrogen-bond donors (Lipinski definition) is 3. The maximum atomic E-state index is 14.4. The third-order valence-electron chi connectivity index (χ3n) is 7.11. The SMILES string of the molecule is CNC(=O)c1c(-c2ccc(F)cc2)oc2cc(N(C)S(C)(=O)=O)c(-c3cc(-c4cc5c(F)cccc5[nH]4)nc(N)n3)cc12. The van der Waals surface area contributed by atoms with E-state index in [9.17, 15) is 22.0 Å². The molecule has 43 heavy (non-hydrogen) atoms. The number of sulfonamides is 1. The number of amides is 1. The van der Waals surface area contributed by atoms with Gasteiger partial charge in [0, 0.05) is 47.6 Å². The van der Waals surface area contributed by atoms with Crippen molar-refractivity contribution in [2.45, 2.75) is 0 Å². The summed E-state index contributed by atoms with van der Waals surface area (Å²) >= 11 is 0. The average molecular weight is 603 g/mol. The number of anilines is 2. The van der Waals surface area contributed by atoms with Crippen molar-refractivity contribution in [3.05, 3.63) is 83.9 Å². The number of aromatic nitrogens is 3. The van der Waals surface area contributed by atoms with Crippen LogP contribution in [0.25, 0.3) is 55.8 Å². The lowest BCUT2D eigenvalue weighted by Gasteiger charge is -2.20. The second kappa shape index (κ2) is 10.2. The summed E-state index contributed by atoms with van der Waals surface area (Å²) in [4.78, 5) is 25.0. The van der Waals surface area contributed by atoms with Gasteiger partial charge in [0.05, 0.1) is 34.6 Å². The van der Waals surface area contributed by atoms with Crippen LogP contribution < -0.4 is 15.4 Å². The van der Waals surface area contributed by atoms with Gasteiger partial charge in [-0.1, -0.05) is 6.07 Å². The van der Waals surface area contributed by atoms with Crippen LogP contribution in [0.3, 0.4) is 0 Å². The number of nitrogens with one attached hydrogen (secondary N) is 2. The van der Waals surface area contributed by atoms with Gasteiger partial charge < -0.3 is 20.5 Å². The molecule has 0 unspecified atom stereocenters. The van der Waals surface area contributed by atoms with E-state index in [0.29, 0.717) is 38.8 Å².